The van der Waals surface area contributed by atoms with E-state index in [4.69, 9.17) is 25.6 Å². The molecule has 0 bridgehead atoms. The van der Waals surface area contributed by atoms with Gasteiger partial charge in [-0.05, 0) is 55.8 Å². The van der Waals surface area contributed by atoms with E-state index in [2.05, 4.69) is 15.4 Å². The second kappa shape index (κ2) is 10.5. The zero-order valence-electron chi connectivity index (χ0n) is 19.0. The molecule has 8 heteroatoms. The normalized spacial score (nSPS) is 17.1. The first-order valence-corrected chi connectivity index (χ1v) is 12.2. The standard InChI is InChI=1S/C26H28ClN3O4/c27-20-8-4-3-7-19(20)22(30-11-5-1-2-6-12-30)17-28-26(31)21-16-24(34-29-21)18-9-10-23-25(15-18)33-14-13-32-23/h3-4,7-10,15-16,22H,1-2,5-6,11-14,17H2,(H,28,31). The summed E-state index contributed by atoms with van der Waals surface area (Å²) in [6.07, 6.45) is 4.77. The number of benzene rings is 2. The number of hydrogen-bond donors (Lipinski definition) is 1. The number of fused-ring (bicyclic) bond motifs is 1. The van der Waals surface area contributed by atoms with Crippen LogP contribution in [0.4, 0.5) is 0 Å². The lowest BCUT2D eigenvalue weighted by atomic mass is 10.0. The van der Waals surface area contributed by atoms with Gasteiger partial charge < -0.3 is 19.3 Å². The molecule has 7 nitrogen and oxygen atoms in total. The van der Waals surface area contributed by atoms with Crippen LogP contribution in [0.5, 0.6) is 11.5 Å². The molecule has 1 amide bonds. The van der Waals surface area contributed by atoms with Crippen molar-refractivity contribution in [2.45, 2.75) is 31.7 Å². The van der Waals surface area contributed by atoms with E-state index in [0.29, 0.717) is 42.0 Å². The average molecular weight is 482 g/mol. The molecule has 1 aromatic heterocycles. The molecule has 2 aromatic carbocycles. The second-order valence-electron chi connectivity index (χ2n) is 8.63. The molecule has 5 rings (SSSR count). The lowest BCUT2D eigenvalue weighted by molar-refractivity contribution is 0.0924. The Bertz CT molecular complexity index is 1140. The summed E-state index contributed by atoms with van der Waals surface area (Å²) in [5.74, 6) is 1.58. The molecule has 178 valence electrons. The Morgan fingerprint density at radius 3 is 2.56 bits per heavy atom. The Morgan fingerprint density at radius 1 is 1.00 bits per heavy atom. The summed E-state index contributed by atoms with van der Waals surface area (Å²) < 4.78 is 16.7. The minimum Gasteiger partial charge on any atom is -0.486 e. The number of rotatable bonds is 6. The summed E-state index contributed by atoms with van der Waals surface area (Å²) in [4.78, 5) is 15.4. The van der Waals surface area contributed by atoms with Crippen LogP contribution in [0.15, 0.2) is 53.1 Å². The third kappa shape index (κ3) is 5.05. The van der Waals surface area contributed by atoms with Crippen molar-refractivity contribution in [1.82, 2.24) is 15.4 Å². The number of nitrogens with one attached hydrogen (secondary N) is 1. The van der Waals surface area contributed by atoms with Crippen molar-refractivity contribution in [3.8, 4) is 22.8 Å². The van der Waals surface area contributed by atoms with Gasteiger partial charge in [-0.1, -0.05) is 47.8 Å². The van der Waals surface area contributed by atoms with E-state index in [1.165, 1.54) is 12.8 Å². The van der Waals surface area contributed by atoms with Gasteiger partial charge in [0, 0.05) is 23.2 Å². The molecule has 0 radical (unpaired) electrons. The van der Waals surface area contributed by atoms with E-state index in [9.17, 15) is 4.79 Å². The van der Waals surface area contributed by atoms with E-state index < -0.39 is 0 Å². The highest BCUT2D eigenvalue weighted by atomic mass is 35.5. The summed E-state index contributed by atoms with van der Waals surface area (Å²) in [7, 11) is 0. The predicted octanol–water partition coefficient (Wildman–Crippen LogP) is 5.11. The third-order valence-electron chi connectivity index (χ3n) is 6.37. The third-order valence-corrected chi connectivity index (χ3v) is 6.72. The fraction of sp³-hybridized carbons (Fsp3) is 0.385. The van der Waals surface area contributed by atoms with Gasteiger partial charge in [0.25, 0.3) is 5.91 Å². The monoisotopic (exact) mass is 481 g/mol. The summed E-state index contributed by atoms with van der Waals surface area (Å²) in [6, 6.07) is 15.1. The predicted molar refractivity (Wildman–Crippen MR) is 129 cm³/mol. The lowest BCUT2D eigenvalue weighted by Crippen LogP contribution is -2.39. The van der Waals surface area contributed by atoms with Crippen molar-refractivity contribution in [3.63, 3.8) is 0 Å². The van der Waals surface area contributed by atoms with Gasteiger partial charge in [0.05, 0.1) is 6.04 Å². The number of aromatic nitrogens is 1. The summed E-state index contributed by atoms with van der Waals surface area (Å²) in [5, 5.41) is 7.77. The van der Waals surface area contributed by atoms with Crippen LogP contribution < -0.4 is 14.8 Å². The number of halogens is 1. The maximum atomic E-state index is 13.0. The molecular weight excluding hydrogens is 454 g/mol. The maximum Gasteiger partial charge on any atom is 0.273 e. The lowest BCUT2D eigenvalue weighted by Gasteiger charge is -2.31. The van der Waals surface area contributed by atoms with Crippen LogP contribution in [-0.2, 0) is 0 Å². The Morgan fingerprint density at radius 2 is 1.76 bits per heavy atom. The highest BCUT2D eigenvalue weighted by molar-refractivity contribution is 6.31. The highest BCUT2D eigenvalue weighted by Crippen LogP contribution is 2.35. The molecule has 0 saturated carbocycles. The first-order valence-electron chi connectivity index (χ1n) is 11.8. The molecular formula is C26H28ClN3O4. The quantitative estimate of drug-likeness (QED) is 0.527. The average Bonchev–Trinajstić information content (AvgIpc) is 3.22. The Labute approximate surface area is 204 Å². The molecule has 34 heavy (non-hydrogen) atoms. The van der Waals surface area contributed by atoms with Gasteiger partial charge in [0.2, 0.25) is 0 Å². The SMILES string of the molecule is O=C(NCC(c1ccccc1Cl)N1CCCCCC1)c1cc(-c2ccc3c(c2)OCCO3)on1. The van der Waals surface area contributed by atoms with E-state index in [0.717, 1.165) is 37.1 Å². The van der Waals surface area contributed by atoms with Gasteiger partial charge in [-0.2, -0.15) is 0 Å². The van der Waals surface area contributed by atoms with Crippen LogP contribution in [0.1, 0.15) is 47.8 Å². The number of amides is 1. The summed E-state index contributed by atoms with van der Waals surface area (Å²) >= 11 is 6.55. The minimum absolute atomic E-state index is 0.0000777. The van der Waals surface area contributed by atoms with Crippen LogP contribution in [0.2, 0.25) is 5.02 Å². The topological polar surface area (TPSA) is 76.8 Å². The van der Waals surface area contributed by atoms with Crippen LogP contribution in [0.25, 0.3) is 11.3 Å². The minimum atomic E-state index is -0.278. The van der Waals surface area contributed by atoms with Crippen molar-refractivity contribution in [2.24, 2.45) is 0 Å². The Kier molecular flexibility index (Phi) is 7.02. The van der Waals surface area contributed by atoms with Crippen molar-refractivity contribution >= 4 is 17.5 Å². The molecule has 0 aliphatic carbocycles. The molecule has 3 heterocycles. The van der Waals surface area contributed by atoms with Crippen molar-refractivity contribution in [3.05, 3.63) is 64.8 Å². The van der Waals surface area contributed by atoms with Gasteiger partial charge in [-0.3, -0.25) is 9.69 Å². The van der Waals surface area contributed by atoms with Crippen LogP contribution in [-0.4, -0.2) is 48.8 Å². The van der Waals surface area contributed by atoms with Gasteiger partial charge in [-0.25, -0.2) is 0 Å². The van der Waals surface area contributed by atoms with Crippen LogP contribution in [0, 0.1) is 0 Å². The fourth-order valence-corrected chi connectivity index (χ4v) is 4.84. The van der Waals surface area contributed by atoms with E-state index in [1.807, 2.05) is 42.5 Å². The molecule has 3 aromatic rings. The first kappa shape index (κ1) is 22.7. The molecule has 1 unspecified atom stereocenters. The second-order valence-corrected chi connectivity index (χ2v) is 9.04. The largest absolute Gasteiger partial charge is 0.486 e. The zero-order chi connectivity index (χ0) is 23.3. The van der Waals surface area contributed by atoms with Crippen LogP contribution in [0.3, 0.4) is 0 Å². The van der Waals surface area contributed by atoms with E-state index >= 15 is 0 Å². The van der Waals surface area contributed by atoms with Crippen molar-refractivity contribution in [1.29, 1.82) is 0 Å². The number of ether oxygens (including phenoxy) is 2. The molecule has 1 fully saturated rings. The molecule has 2 aliphatic heterocycles. The maximum absolute atomic E-state index is 13.0. The Balaban J connectivity index is 1.30. The molecule has 1 saturated heterocycles. The highest BCUT2D eigenvalue weighted by Gasteiger charge is 2.25. The number of carbonyl (C=O) groups is 1. The van der Waals surface area contributed by atoms with Crippen LogP contribution >= 0.6 is 11.6 Å². The summed E-state index contributed by atoms with van der Waals surface area (Å²) in [6.45, 7) is 3.46. The summed E-state index contributed by atoms with van der Waals surface area (Å²) in [5.41, 5.74) is 2.04. The number of likely N-dealkylation sites (tertiary alicyclic amines) is 1. The number of carbonyl (C=O) groups excluding carboxylic acids is 1. The Hall–Kier alpha value is -3.03. The van der Waals surface area contributed by atoms with Gasteiger partial charge in [-0.15, -0.1) is 0 Å². The van der Waals surface area contributed by atoms with E-state index in [-0.39, 0.29) is 17.6 Å². The zero-order valence-corrected chi connectivity index (χ0v) is 19.7. The molecule has 1 N–H and O–H groups in total. The van der Waals surface area contributed by atoms with Gasteiger partial charge in [0.15, 0.2) is 23.0 Å². The van der Waals surface area contributed by atoms with E-state index in [1.54, 1.807) is 6.07 Å². The molecule has 0 spiro atoms. The molecule has 1 atom stereocenters. The first-order chi connectivity index (χ1) is 16.7. The van der Waals surface area contributed by atoms with Gasteiger partial charge >= 0.3 is 0 Å². The van der Waals surface area contributed by atoms with Crippen molar-refractivity contribution in [2.75, 3.05) is 32.8 Å². The number of hydrogen-bond acceptors (Lipinski definition) is 6. The van der Waals surface area contributed by atoms with Gasteiger partial charge in [0.1, 0.15) is 13.2 Å². The molecule has 2 aliphatic rings. The number of nitrogens with zero attached hydrogens (tertiary/aromatic N) is 2. The van der Waals surface area contributed by atoms with Crippen molar-refractivity contribution < 1.29 is 18.8 Å². The smallest absolute Gasteiger partial charge is 0.273 e. The fourth-order valence-electron chi connectivity index (χ4n) is 4.58.